The van der Waals surface area contributed by atoms with Crippen LogP contribution >= 0.6 is 23.2 Å². The largest absolute Gasteiger partial charge is 0.444 e. The van der Waals surface area contributed by atoms with Crippen LogP contribution < -0.4 is 5.32 Å². The van der Waals surface area contributed by atoms with Gasteiger partial charge in [0.25, 0.3) is 0 Å². The molecule has 0 unspecified atom stereocenters. The van der Waals surface area contributed by atoms with E-state index in [1.54, 1.807) is 45.9 Å². The summed E-state index contributed by atoms with van der Waals surface area (Å²) >= 11 is 12.0. The van der Waals surface area contributed by atoms with E-state index in [0.717, 1.165) is 5.56 Å². The molecule has 14 heteroatoms. The van der Waals surface area contributed by atoms with Crippen molar-refractivity contribution >= 4 is 53.2 Å². The molecular formula is C32H47Cl2NO11. The number of ether oxygens (including phenoxy) is 6. The van der Waals surface area contributed by atoms with Crippen LogP contribution in [0.25, 0.3) is 0 Å². The normalized spacial score (nSPS) is 18.3. The fourth-order valence-electron chi connectivity index (χ4n) is 4.06. The molecule has 1 aliphatic rings. The number of hydrogen-bond acceptors (Lipinski definition) is 11. The van der Waals surface area contributed by atoms with E-state index in [-0.39, 0.29) is 42.2 Å². The first kappa shape index (κ1) is 40.9. The van der Waals surface area contributed by atoms with Crippen LogP contribution in [0.3, 0.4) is 0 Å². The van der Waals surface area contributed by atoms with Crippen molar-refractivity contribution in [2.45, 2.75) is 80.6 Å². The summed E-state index contributed by atoms with van der Waals surface area (Å²) in [6.45, 7) is 14.9. The number of rotatable bonds is 13. The van der Waals surface area contributed by atoms with Gasteiger partial charge < -0.3 is 33.7 Å². The molecule has 1 N–H and O–H groups in total. The number of alkyl carbamates (subject to hydrolysis) is 1. The van der Waals surface area contributed by atoms with Crippen molar-refractivity contribution in [2.24, 2.45) is 35.5 Å². The molecule has 1 fully saturated rings. The van der Waals surface area contributed by atoms with Crippen molar-refractivity contribution in [1.82, 2.24) is 5.32 Å². The zero-order chi connectivity index (χ0) is 35.4. The van der Waals surface area contributed by atoms with Crippen molar-refractivity contribution in [3.05, 3.63) is 33.8 Å². The summed E-state index contributed by atoms with van der Waals surface area (Å²) in [5.41, 5.74) is 0.426. The average Bonchev–Trinajstić information content (AvgIpc) is 3.72. The smallest absolute Gasteiger partial charge is 0.407 e. The maximum absolute atomic E-state index is 12.8. The minimum absolute atomic E-state index is 0.246. The Morgan fingerprint density at radius 1 is 0.783 bits per heavy atom. The summed E-state index contributed by atoms with van der Waals surface area (Å²) < 4.78 is 30.9. The molecule has 0 aromatic heterocycles. The first-order valence-electron chi connectivity index (χ1n) is 14.9. The number of benzene rings is 1. The molecule has 1 aromatic carbocycles. The van der Waals surface area contributed by atoms with Crippen LogP contribution in [0.2, 0.25) is 10.0 Å². The molecule has 0 spiro atoms. The van der Waals surface area contributed by atoms with E-state index in [1.165, 1.54) is 7.05 Å². The minimum atomic E-state index is -0.822. The van der Waals surface area contributed by atoms with Crippen LogP contribution in [-0.4, -0.2) is 62.3 Å². The highest BCUT2D eigenvalue weighted by Crippen LogP contribution is 2.53. The molecule has 1 amide bonds. The second kappa shape index (κ2) is 18.9. The van der Waals surface area contributed by atoms with Gasteiger partial charge in [-0.2, -0.15) is 0 Å². The van der Waals surface area contributed by atoms with Gasteiger partial charge in [-0.1, -0.05) is 63.9 Å². The van der Waals surface area contributed by atoms with Crippen molar-refractivity contribution in [3.8, 4) is 0 Å². The van der Waals surface area contributed by atoms with E-state index in [9.17, 15) is 24.0 Å². The number of hydrogen-bond donors (Lipinski definition) is 1. The molecule has 0 bridgehead atoms. The monoisotopic (exact) mass is 691 g/mol. The molecule has 0 heterocycles. The highest BCUT2D eigenvalue weighted by molar-refractivity contribution is 6.42. The quantitative estimate of drug-likeness (QED) is 0.149. The Morgan fingerprint density at radius 3 is 1.63 bits per heavy atom. The van der Waals surface area contributed by atoms with Gasteiger partial charge in [0.2, 0.25) is 13.6 Å². The maximum atomic E-state index is 12.8. The number of amides is 1. The highest BCUT2D eigenvalue weighted by atomic mass is 35.5. The summed E-state index contributed by atoms with van der Waals surface area (Å²) in [6.07, 6.45) is -0.743. The van der Waals surface area contributed by atoms with E-state index in [2.05, 4.69) is 5.32 Å². The fourth-order valence-corrected chi connectivity index (χ4v) is 4.38. The van der Waals surface area contributed by atoms with E-state index in [4.69, 9.17) is 51.6 Å². The van der Waals surface area contributed by atoms with E-state index >= 15 is 0 Å². The third kappa shape index (κ3) is 14.1. The van der Waals surface area contributed by atoms with Gasteiger partial charge in [-0.05, 0) is 57.2 Å². The molecule has 1 aliphatic carbocycles. The Bertz CT molecular complexity index is 1150. The number of carbonyl (C=O) groups excluding carboxylic acids is 5. The lowest BCUT2D eigenvalue weighted by Crippen LogP contribution is -2.30. The SMILES string of the molecule is CC(C)C(=O)OCOC(=O)[C@H]1C([C@H](C)[C@H](C)OCc2ccc(Cl)c(Cl)c2)[C@@H]1C(=O)OCOC(=O)C(C)C.CNC(=O)OC(C)(C)C. The lowest BCUT2D eigenvalue weighted by atomic mass is 9.97. The van der Waals surface area contributed by atoms with Crippen molar-refractivity contribution < 1.29 is 52.4 Å². The lowest BCUT2D eigenvalue weighted by Gasteiger charge is -2.21. The molecular weight excluding hydrogens is 645 g/mol. The predicted molar refractivity (Wildman–Crippen MR) is 169 cm³/mol. The van der Waals surface area contributed by atoms with E-state index in [1.807, 2.05) is 34.6 Å². The van der Waals surface area contributed by atoms with Crippen molar-refractivity contribution in [2.75, 3.05) is 20.6 Å². The minimum Gasteiger partial charge on any atom is -0.444 e. The molecule has 1 aromatic rings. The first-order chi connectivity index (χ1) is 21.3. The van der Waals surface area contributed by atoms with Gasteiger partial charge in [0.05, 0.1) is 46.4 Å². The molecule has 12 nitrogen and oxygen atoms in total. The third-order valence-corrected chi connectivity index (χ3v) is 7.55. The standard InChI is InChI=1S/C26H34Cl2O9.C6H13NO2/c1-13(2)23(29)34-11-36-25(31)21-20(22(21)26(32)37-12-35-24(30)14(3)4)15(5)16(6)33-10-17-7-8-18(27)19(28)9-17;1-6(2,3)9-5(8)7-4/h7-9,13-16,20-22H,10-12H2,1-6H3;1-4H3,(H,7,8)/t15-,16+,21+,22+;/m1./s1. The first-order valence-corrected chi connectivity index (χ1v) is 15.7. The van der Waals surface area contributed by atoms with Gasteiger partial charge in [-0.15, -0.1) is 0 Å². The topological polar surface area (TPSA) is 153 Å². The van der Waals surface area contributed by atoms with E-state index < -0.39 is 55.2 Å². The lowest BCUT2D eigenvalue weighted by molar-refractivity contribution is -0.175. The zero-order valence-corrected chi connectivity index (χ0v) is 29.7. The summed E-state index contributed by atoms with van der Waals surface area (Å²) in [6, 6.07) is 5.17. The fraction of sp³-hybridized carbons (Fsp3) is 0.656. The Labute approximate surface area is 281 Å². The highest BCUT2D eigenvalue weighted by Gasteiger charge is 2.63. The number of esters is 4. The summed E-state index contributed by atoms with van der Waals surface area (Å²) in [5, 5.41) is 3.21. The summed E-state index contributed by atoms with van der Waals surface area (Å²) in [5.74, 6) is -5.51. The Hall–Kier alpha value is -3.09. The summed E-state index contributed by atoms with van der Waals surface area (Å²) in [7, 11) is 1.54. The number of halogens is 2. The van der Waals surface area contributed by atoms with Gasteiger partial charge in [0.15, 0.2) is 0 Å². The zero-order valence-electron chi connectivity index (χ0n) is 28.1. The molecule has 0 radical (unpaired) electrons. The van der Waals surface area contributed by atoms with Crippen molar-refractivity contribution in [3.63, 3.8) is 0 Å². The van der Waals surface area contributed by atoms with Crippen LogP contribution in [0.4, 0.5) is 4.79 Å². The van der Waals surface area contributed by atoms with Crippen LogP contribution in [0.15, 0.2) is 18.2 Å². The molecule has 260 valence electrons. The van der Waals surface area contributed by atoms with Crippen LogP contribution in [0, 0.1) is 35.5 Å². The maximum Gasteiger partial charge on any atom is 0.407 e. The third-order valence-electron chi connectivity index (χ3n) is 6.81. The average molecular weight is 693 g/mol. The molecule has 46 heavy (non-hydrogen) atoms. The second-order valence-corrected chi connectivity index (χ2v) is 13.2. The Morgan fingerprint density at radius 2 is 1.26 bits per heavy atom. The van der Waals surface area contributed by atoms with Crippen LogP contribution in [0.5, 0.6) is 0 Å². The molecule has 1 saturated carbocycles. The number of carbonyl (C=O) groups is 5. The van der Waals surface area contributed by atoms with Gasteiger partial charge in [-0.25, -0.2) is 4.79 Å². The molecule has 0 aliphatic heterocycles. The van der Waals surface area contributed by atoms with Gasteiger partial charge in [0.1, 0.15) is 5.60 Å². The van der Waals surface area contributed by atoms with Gasteiger partial charge in [-0.3, -0.25) is 19.2 Å². The molecule has 4 atom stereocenters. The van der Waals surface area contributed by atoms with E-state index in [0.29, 0.717) is 10.0 Å². The van der Waals surface area contributed by atoms with Crippen LogP contribution in [0.1, 0.15) is 67.9 Å². The summed E-state index contributed by atoms with van der Waals surface area (Å²) in [4.78, 5) is 59.3. The molecule has 0 saturated heterocycles. The number of nitrogens with one attached hydrogen (secondary N) is 1. The van der Waals surface area contributed by atoms with Crippen LogP contribution in [-0.2, 0) is 54.2 Å². The Balaban J connectivity index is 0.00000102. The second-order valence-electron chi connectivity index (χ2n) is 12.4. The molecule has 2 rings (SSSR count). The van der Waals surface area contributed by atoms with Crippen molar-refractivity contribution in [1.29, 1.82) is 0 Å². The van der Waals surface area contributed by atoms with Gasteiger partial charge >= 0.3 is 30.0 Å². The van der Waals surface area contributed by atoms with Gasteiger partial charge in [0, 0.05) is 7.05 Å². The predicted octanol–water partition coefficient (Wildman–Crippen LogP) is 5.94. The Kier molecular flexibility index (Phi) is 16.8.